The highest BCUT2D eigenvalue weighted by molar-refractivity contribution is 5.69. The van der Waals surface area contributed by atoms with Gasteiger partial charge in [-0.3, -0.25) is 18.7 Å². The highest BCUT2D eigenvalue weighted by atomic mass is 19.4. The Bertz CT molecular complexity index is 1960. The number of hydrogen-bond donors (Lipinski definition) is 1. The highest BCUT2D eigenvalue weighted by Crippen LogP contribution is 2.34. The minimum atomic E-state index is -4.97. The molecule has 0 bridgehead atoms. The zero-order valence-corrected chi connectivity index (χ0v) is 28.4. The van der Waals surface area contributed by atoms with E-state index in [-0.39, 0.29) is 55.6 Å². The Morgan fingerprint density at radius 1 is 0.923 bits per heavy atom. The van der Waals surface area contributed by atoms with Crippen molar-refractivity contribution in [3.8, 4) is 22.6 Å². The predicted molar refractivity (Wildman–Crippen MR) is 184 cm³/mol. The zero-order valence-electron chi connectivity index (χ0n) is 28.4. The number of ether oxygens (including phenoxy) is 3. The van der Waals surface area contributed by atoms with Crippen LogP contribution in [0.5, 0.6) is 11.5 Å². The number of unbranched alkanes of at least 4 members (excludes halogenated alkanes) is 1. The van der Waals surface area contributed by atoms with E-state index in [1.54, 1.807) is 31.2 Å². The fraction of sp³-hybridized carbons (Fsp3) is 0.378. The third-order valence-corrected chi connectivity index (χ3v) is 8.14. The van der Waals surface area contributed by atoms with Crippen LogP contribution >= 0.6 is 0 Å². The van der Waals surface area contributed by atoms with Gasteiger partial charge >= 0.3 is 17.8 Å². The first-order valence-corrected chi connectivity index (χ1v) is 16.0. The number of alkyl halides is 3. The maximum Gasteiger partial charge on any atom is 0.416 e. The van der Waals surface area contributed by atoms with Gasteiger partial charge in [-0.15, -0.1) is 0 Å². The maximum atomic E-state index is 15.7. The molecule has 1 heterocycles. The van der Waals surface area contributed by atoms with Crippen LogP contribution in [0, 0.1) is 18.6 Å². The molecule has 0 saturated carbocycles. The molecule has 1 N–H and O–H groups in total. The number of hydrogen-bond acceptors (Lipinski definition) is 8. The minimum Gasteiger partial charge on any atom is -0.494 e. The van der Waals surface area contributed by atoms with Gasteiger partial charge in [-0.1, -0.05) is 43.8 Å². The van der Waals surface area contributed by atoms with Crippen molar-refractivity contribution in [1.82, 2.24) is 14.6 Å². The molecule has 1 unspecified atom stereocenters. The van der Waals surface area contributed by atoms with E-state index in [1.165, 1.54) is 39.3 Å². The number of nitrogens with zero attached hydrogens (tertiary/aromatic N) is 2. The summed E-state index contributed by atoms with van der Waals surface area (Å²) in [6, 6.07) is 12.1. The number of nitrogens with one attached hydrogen (secondary N) is 1. The summed E-state index contributed by atoms with van der Waals surface area (Å²) in [5, 5.41) is 0. The van der Waals surface area contributed by atoms with E-state index in [0.717, 1.165) is 21.3 Å². The molecule has 0 amide bonds. The number of halogens is 5. The molecule has 0 radical (unpaired) electrons. The van der Waals surface area contributed by atoms with Gasteiger partial charge in [-0.2, -0.15) is 18.7 Å². The third-order valence-electron chi connectivity index (χ3n) is 8.14. The van der Waals surface area contributed by atoms with Crippen molar-refractivity contribution in [2.24, 2.45) is 0 Å². The van der Waals surface area contributed by atoms with Crippen LogP contribution < -0.4 is 26.2 Å². The van der Waals surface area contributed by atoms with Crippen LogP contribution in [0.3, 0.4) is 0 Å². The zero-order chi connectivity index (χ0) is 37.3. The second-order valence-corrected chi connectivity index (χ2v) is 11.4. The molecule has 0 aliphatic heterocycles. The SMILES string of the molecule is C.CCOC(=O)CCCCOc1ccccc1C(Cn1c(=O)c(-c2cccc(OC)c2F)c(C)n(Cc2c(F)cccc2C(F)(F)F)c1=O)NOC. The van der Waals surface area contributed by atoms with Crippen LogP contribution in [0.1, 0.15) is 62.0 Å². The van der Waals surface area contributed by atoms with Crippen LogP contribution in [0.4, 0.5) is 22.0 Å². The molecule has 15 heteroatoms. The Balaban J connectivity index is 0.00000729. The second kappa shape index (κ2) is 18.5. The molecule has 4 aromatic rings. The van der Waals surface area contributed by atoms with E-state index in [2.05, 4.69) is 5.48 Å². The van der Waals surface area contributed by atoms with E-state index in [1.807, 2.05) is 0 Å². The number of methoxy groups -OCH3 is 1. The molecule has 282 valence electrons. The first kappa shape index (κ1) is 41.4. The standard InChI is InChI=1S/C36H38F5N3O7.CH4/c1-5-50-31(45)18-8-9-19-51-29-16-7-6-12-23(29)28(42-49-4)21-44-34(46)32(24-13-10-17-30(48-3)33(24)38)22(2)43(35(44)47)20-25-26(36(39,40)41)14-11-15-27(25)37;/h6-7,10-17,28,42H,5,8-9,18-21H2,1-4H3;1H4. The van der Waals surface area contributed by atoms with Crippen LogP contribution in [0.25, 0.3) is 11.1 Å². The maximum absolute atomic E-state index is 15.7. The number of carbonyl (C=O) groups is 1. The van der Waals surface area contributed by atoms with Crippen molar-refractivity contribution >= 4 is 5.97 Å². The number of para-hydroxylation sites is 1. The van der Waals surface area contributed by atoms with Crippen molar-refractivity contribution in [1.29, 1.82) is 0 Å². The summed E-state index contributed by atoms with van der Waals surface area (Å²) in [6.45, 7) is 2.06. The topological polar surface area (TPSA) is 110 Å². The first-order chi connectivity index (χ1) is 24.3. The fourth-order valence-electron chi connectivity index (χ4n) is 5.67. The molecular formula is C37H42F5N3O7. The lowest BCUT2D eigenvalue weighted by molar-refractivity contribution is -0.143. The average molecular weight is 736 g/mol. The second-order valence-electron chi connectivity index (χ2n) is 11.4. The molecule has 0 aliphatic rings. The normalized spacial score (nSPS) is 11.9. The molecule has 0 fully saturated rings. The predicted octanol–water partition coefficient (Wildman–Crippen LogP) is 6.98. The number of benzene rings is 3. The van der Waals surface area contributed by atoms with Crippen molar-refractivity contribution in [2.75, 3.05) is 27.4 Å². The first-order valence-electron chi connectivity index (χ1n) is 16.0. The summed E-state index contributed by atoms with van der Waals surface area (Å²) >= 11 is 0. The smallest absolute Gasteiger partial charge is 0.416 e. The van der Waals surface area contributed by atoms with Crippen LogP contribution in [0.2, 0.25) is 0 Å². The summed E-state index contributed by atoms with van der Waals surface area (Å²) in [5.41, 5.74) is -1.87. The Labute approximate surface area is 297 Å². The Morgan fingerprint density at radius 3 is 2.29 bits per heavy atom. The van der Waals surface area contributed by atoms with E-state index < -0.39 is 59.3 Å². The summed E-state index contributed by atoms with van der Waals surface area (Å²) in [5.74, 6) is -2.38. The van der Waals surface area contributed by atoms with Crippen molar-refractivity contribution < 1.29 is 45.8 Å². The van der Waals surface area contributed by atoms with Crippen molar-refractivity contribution in [3.63, 3.8) is 0 Å². The molecule has 1 atom stereocenters. The van der Waals surface area contributed by atoms with Gasteiger partial charge in [-0.25, -0.2) is 13.6 Å². The number of carbonyl (C=O) groups excluding carboxylic acids is 1. The van der Waals surface area contributed by atoms with Gasteiger partial charge in [0.15, 0.2) is 11.6 Å². The Hall–Kier alpha value is -5.02. The summed E-state index contributed by atoms with van der Waals surface area (Å²) < 4.78 is 90.3. The van der Waals surface area contributed by atoms with Crippen LogP contribution in [0.15, 0.2) is 70.3 Å². The molecule has 3 aromatic carbocycles. The summed E-state index contributed by atoms with van der Waals surface area (Å²) in [6.07, 6.45) is -3.76. The Kier molecular flexibility index (Phi) is 14.7. The van der Waals surface area contributed by atoms with Crippen LogP contribution in [-0.2, 0) is 33.6 Å². The quantitative estimate of drug-likeness (QED) is 0.0569. The van der Waals surface area contributed by atoms with E-state index in [0.29, 0.717) is 30.2 Å². The lowest BCUT2D eigenvalue weighted by Crippen LogP contribution is -2.45. The number of rotatable bonds is 16. The summed E-state index contributed by atoms with van der Waals surface area (Å²) in [4.78, 5) is 45.2. The largest absolute Gasteiger partial charge is 0.494 e. The van der Waals surface area contributed by atoms with Gasteiger partial charge in [0.2, 0.25) is 0 Å². The molecule has 10 nitrogen and oxygen atoms in total. The van der Waals surface area contributed by atoms with Gasteiger partial charge in [0.25, 0.3) is 5.56 Å². The fourth-order valence-corrected chi connectivity index (χ4v) is 5.67. The molecule has 4 rings (SSSR count). The molecule has 0 saturated heterocycles. The number of esters is 1. The number of aromatic nitrogens is 2. The highest BCUT2D eigenvalue weighted by Gasteiger charge is 2.35. The van der Waals surface area contributed by atoms with E-state index in [4.69, 9.17) is 19.0 Å². The average Bonchev–Trinajstić information content (AvgIpc) is 3.09. The molecule has 0 spiro atoms. The molecule has 0 aliphatic carbocycles. The Morgan fingerprint density at radius 2 is 1.62 bits per heavy atom. The van der Waals surface area contributed by atoms with Gasteiger partial charge < -0.3 is 19.0 Å². The lowest BCUT2D eigenvalue weighted by Gasteiger charge is -2.24. The van der Waals surface area contributed by atoms with Crippen LogP contribution in [-0.4, -0.2) is 42.5 Å². The minimum absolute atomic E-state index is 0. The van der Waals surface area contributed by atoms with Crippen molar-refractivity contribution in [3.05, 3.63) is 116 Å². The van der Waals surface area contributed by atoms with E-state index >= 15 is 8.78 Å². The van der Waals surface area contributed by atoms with E-state index in [9.17, 15) is 27.6 Å². The monoisotopic (exact) mass is 735 g/mol. The van der Waals surface area contributed by atoms with Gasteiger partial charge in [0.05, 0.1) is 57.7 Å². The third kappa shape index (κ3) is 9.44. The molecule has 1 aromatic heterocycles. The lowest BCUT2D eigenvalue weighted by atomic mass is 10.0. The van der Waals surface area contributed by atoms with Crippen molar-refractivity contribution in [2.45, 2.75) is 65.8 Å². The van der Waals surface area contributed by atoms with Gasteiger partial charge in [0, 0.05) is 28.8 Å². The number of hydroxylamine groups is 1. The molecular weight excluding hydrogens is 693 g/mol. The summed E-state index contributed by atoms with van der Waals surface area (Å²) in [7, 11) is 2.52. The van der Waals surface area contributed by atoms with Gasteiger partial charge in [0.1, 0.15) is 11.6 Å². The molecule has 52 heavy (non-hydrogen) atoms. The van der Waals surface area contributed by atoms with Gasteiger partial charge in [-0.05, 0) is 51.0 Å².